The van der Waals surface area contributed by atoms with E-state index in [-0.39, 0.29) is 29.6 Å². The molecule has 2 aliphatic carbocycles. The van der Waals surface area contributed by atoms with E-state index in [1.54, 1.807) is 17.4 Å². The summed E-state index contributed by atoms with van der Waals surface area (Å²) in [6.07, 6.45) is 6.15. The number of halogens is 1. The van der Waals surface area contributed by atoms with Crippen molar-refractivity contribution in [1.29, 1.82) is 0 Å². The van der Waals surface area contributed by atoms with Gasteiger partial charge in [0.25, 0.3) is 0 Å². The van der Waals surface area contributed by atoms with Gasteiger partial charge >= 0.3 is 0 Å². The van der Waals surface area contributed by atoms with Crippen LogP contribution in [-0.2, 0) is 15.1 Å². The molecule has 0 aliphatic heterocycles. The minimum absolute atomic E-state index is 0.0992. The zero-order chi connectivity index (χ0) is 26.9. The number of thiophene rings is 1. The van der Waals surface area contributed by atoms with Gasteiger partial charge in [-0.1, -0.05) is 19.1 Å². The Hall–Kier alpha value is -3.17. The van der Waals surface area contributed by atoms with Crippen molar-refractivity contribution in [3.63, 3.8) is 0 Å². The van der Waals surface area contributed by atoms with Crippen LogP contribution in [0.2, 0.25) is 0 Å². The molecule has 9 heteroatoms. The van der Waals surface area contributed by atoms with Crippen molar-refractivity contribution >= 4 is 29.0 Å². The number of amides is 2. The van der Waals surface area contributed by atoms with E-state index < -0.39 is 5.54 Å². The Labute approximate surface area is 226 Å². The molecule has 2 fully saturated rings. The second-order valence-corrected chi connectivity index (χ2v) is 11.4. The molecule has 5 rings (SSSR count). The normalized spacial score (nSPS) is 20.1. The maximum absolute atomic E-state index is 14.9. The zero-order valence-corrected chi connectivity index (χ0v) is 22.7. The summed E-state index contributed by atoms with van der Waals surface area (Å²) in [6.45, 7) is 1.88. The number of nitrogens with zero attached hydrogens (tertiary/aromatic N) is 3. The van der Waals surface area contributed by atoms with Crippen molar-refractivity contribution in [3.8, 4) is 22.4 Å². The fourth-order valence-electron chi connectivity index (χ4n) is 5.42. The second-order valence-electron chi connectivity index (χ2n) is 10.6. The number of rotatable bonds is 8. The van der Waals surface area contributed by atoms with Crippen molar-refractivity contribution in [3.05, 3.63) is 52.5 Å². The first-order valence-electron chi connectivity index (χ1n) is 13.3. The summed E-state index contributed by atoms with van der Waals surface area (Å²) in [6, 6.07) is 9.10. The van der Waals surface area contributed by atoms with Gasteiger partial charge < -0.3 is 16.0 Å². The average Bonchev–Trinajstić information content (AvgIpc) is 3.42. The van der Waals surface area contributed by atoms with Gasteiger partial charge in [0, 0.05) is 48.2 Å². The van der Waals surface area contributed by atoms with Crippen LogP contribution in [0.25, 0.3) is 22.4 Å². The first kappa shape index (κ1) is 26.4. The van der Waals surface area contributed by atoms with E-state index in [0.29, 0.717) is 35.5 Å². The van der Waals surface area contributed by atoms with Crippen LogP contribution in [0.5, 0.6) is 0 Å². The van der Waals surface area contributed by atoms with Crippen LogP contribution in [0.3, 0.4) is 0 Å². The lowest BCUT2D eigenvalue weighted by Gasteiger charge is -2.34. The molecule has 38 heavy (non-hydrogen) atoms. The molecule has 0 spiro atoms. The van der Waals surface area contributed by atoms with Gasteiger partial charge in [0.2, 0.25) is 11.8 Å². The predicted molar refractivity (Wildman–Crippen MR) is 148 cm³/mol. The van der Waals surface area contributed by atoms with E-state index in [1.165, 1.54) is 6.07 Å². The third-order valence-electron chi connectivity index (χ3n) is 8.00. The number of carbonyl (C=O) groups excluding carboxylic acids is 2. The lowest BCUT2D eigenvalue weighted by Crippen LogP contribution is -2.39. The van der Waals surface area contributed by atoms with Gasteiger partial charge in [0.15, 0.2) is 5.82 Å². The summed E-state index contributed by atoms with van der Waals surface area (Å²) in [5.74, 6) is 0.381. The Kier molecular flexibility index (Phi) is 7.59. The van der Waals surface area contributed by atoms with Gasteiger partial charge in [-0.25, -0.2) is 4.39 Å². The third-order valence-corrected chi connectivity index (χ3v) is 8.68. The van der Waals surface area contributed by atoms with Gasteiger partial charge in [-0.2, -0.15) is 11.3 Å². The number of aromatic nitrogens is 2. The minimum atomic E-state index is -0.555. The quantitative estimate of drug-likeness (QED) is 0.385. The fourth-order valence-corrected chi connectivity index (χ4v) is 6.08. The number of nitrogens with one attached hydrogen (secondary N) is 1. The smallest absolute Gasteiger partial charge is 0.225 e. The van der Waals surface area contributed by atoms with Crippen molar-refractivity contribution < 1.29 is 14.0 Å². The van der Waals surface area contributed by atoms with Gasteiger partial charge in [-0.15, -0.1) is 10.2 Å². The highest BCUT2D eigenvalue weighted by atomic mass is 32.1. The monoisotopic (exact) mass is 535 g/mol. The van der Waals surface area contributed by atoms with E-state index >= 15 is 0 Å². The molecule has 200 valence electrons. The van der Waals surface area contributed by atoms with E-state index in [2.05, 4.69) is 15.5 Å². The third kappa shape index (κ3) is 5.63. The Balaban J connectivity index is 1.28. The molecule has 2 aromatic heterocycles. The molecule has 0 saturated heterocycles. The number of hydrogen-bond acceptors (Lipinski definition) is 6. The molecule has 7 nitrogen and oxygen atoms in total. The first-order valence-corrected chi connectivity index (χ1v) is 14.3. The summed E-state index contributed by atoms with van der Waals surface area (Å²) in [7, 11) is 1.88. The van der Waals surface area contributed by atoms with Gasteiger partial charge in [0.1, 0.15) is 11.5 Å². The molecule has 2 heterocycles. The van der Waals surface area contributed by atoms with E-state index in [0.717, 1.165) is 49.7 Å². The molecule has 3 aromatic rings. The molecular formula is C29H34FN5O2S. The minimum Gasteiger partial charge on any atom is -0.343 e. The van der Waals surface area contributed by atoms with Crippen LogP contribution >= 0.6 is 11.3 Å². The van der Waals surface area contributed by atoms with Crippen LogP contribution in [0, 0.1) is 11.7 Å². The Morgan fingerprint density at radius 2 is 1.89 bits per heavy atom. The number of carbonyl (C=O) groups is 2. The van der Waals surface area contributed by atoms with Gasteiger partial charge in [-0.05, 0) is 79.0 Å². The molecule has 0 radical (unpaired) electrons. The van der Waals surface area contributed by atoms with Crippen LogP contribution in [0.15, 0.2) is 41.1 Å². The molecule has 0 bridgehead atoms. The molecule has 0 unspecified atom stereocenters. The second kappa shape index (κ2) is 10.9. The number of nitrogens with two attached hydrogens (primary N) is 1. The van der Waals surface area contributed by atoms with Crippen molar-refractivity contribution in [2.45, 2.75) is 69.9 Å². The lowest BCUT2D eigenvalue weighted by molar-refractivity contribution is -0.132. The van der Waals surface area contributed by atoms with Crippen molar-refractivity contribution in [2.75, 3.05) is 12.4 Å². The molecule has 2 aliphatic rings. The van der Waals surface area contributed by atoms with Crippen LogP contribution < -0.4 is 11.1 Å². The Morgan fingerprint density at radius 3 is 2.53 bits per heavy atom. The van der Waals surface area contributed by atoms with E-state index in [1.807, 2.05) is 47.8 Å². The van der Waals surface area contributed by atoms with Gasteiger partial charge in [0.05, 0.1) is 0 Å². The maximum atomic E-state index is 14.9. The fraction of sp³-hybridized carbons (Fsp3) is 0.448. The molecule has 2 amide bonds. The number of anilines is 1. The van der Waals surface area contributed by atoms with Gasteiger partial charge in [-0.3, -0.25) is 9.59 Å². The molecule has 3 N–H and O–H groups in total. The summed E-state index contributed by atoms with van der Waals surface area (Å²) in [5, 5.41) is 15.6. The van der Waals surface area contributed by atoms with Crippen molar-refractivity contribution in [1.82, 2.24) is 15.1 Å². The topological polar surface area (TPSA) is 101 Å². The maximum Gasteiger partial charge on any atom is 0.225 e. The summed E-state index contributed by atoms with van der Waals surface area (Å²) >= 11 is 1.55. The van der Waals surface area contributed by atoms with Crippen LogP contribution in [0.4, 0.5) is 10.2 Å². The number of benzene rings is 1. The molecule has 0 atom stereocenters. The summed E-state index contributed by atoms with van der Waals surface area (Å²) in [4.78, 5) is 26.7. The Bertz CT molecular complexity index is 1320. The average molecular weight is 536 g/mol. The van der Waals surface area contributed by atoms with E-state index in [9.17, 15) is 14.0 Å². The first-order chi connectivity index (χ1) is 18.3. The highest BCUT2D eigenvalue weighted by Crippen LogP contribution is 2.44. The number of hydrogen-bond donors (Lipinski definition) is 2. The SMILES string of the molecule is CCC(=O)N(C)C1CCC(CC(=O)Nc2cc(-c3ccsc3)c(-c3ccc(C4(N)CC4)c(F)c3)nn2)CC1. The summed E-state index contributed by atoms with van der Waals surface area (Å²) < 4.78 is 14.9. The van der Waals surface area contributed by atoms with Crippen LogP contribution in [0.1, 0.15) is 63.9 Å². The largest absolute Gasteiger partial charge is 0.343 e. The van der Waals surface area contributed by atoms with Crippen LogP contribution in [-0.4, -0.2) is 40.0 Å². The zero-order valence-electron chi connectivity index (χ0n) is 21.9. The molecular weight excluding hydrogens is 501 g/mol. The lowest BCUT2D eigenvalue weighted by atomic mass is 9.83. The van der Waals surface area contributed by atoms with Crippen molar-refractivity contribution in [2.24, 2.45) is 11.7 Å². The highest BCUT2D eigenvalue weighted by molar-refractivity contribution is 7.08. The molecule has 2 saturated carbocycles. The van der Waals surface area contributed by atoms with E-state index in [4.69, 9.17) is 5.73 Å². The Morgan fingerprint density at radius 1 is 1.13 bits per heavy atom. The molecule has 1 aromatic carbocycles. The predicted octanol–water partition coefficient (Wildman–Crippen LogP) is 5.71. The standard InChI is InChI=1S/C29H34FN5O2S/c1-3-27(37)35(2)21-7-4-18(5-8-21)14-26(36)32-25-16-22(20-10-13-38-17-20)28(34-33-25)19-6-9-23(24(30)15-19)29(31)11-12-29/h6,9-10,13,15-18,21H,3-5,7-8,11-12,14,31H2,1-2H3,(H,32,33,36). The summed E-state index contributed by atoms with van der Waals surface area (Å²) in [5.41, 5.74) is 9.07. The highest BCUT2D eigenvalue weighted by Gasteiger charge is 2.42.